The Balaban J connectivity index is 1.61. The zero-order chi connectivity index (χ0) is 16.9. The van der Waals surface area contributed by atoms with E-state index in [1.54, 1.807) is 42.5 Å². The molecule has 122 valence electrons. The van der Waals surface area contributed by atoms with Crippen molar-refractivity contribution < 1.29 is 18.4 Å². The molecule has 0 aliphatic rings. The molecular weight excluding hydrogens is 316 g/mol. The number of imide groups is 1. The van der Waals surface area contributed by atoms with Gasteiger partial charge in [0.15, 0.2) is 5.76 Å². The maximum atomic E-state index is 11.8. The molecule has 0 saturated carbocycles. The summed E-state index contributed by atoms with van der Waals surface area (Å²) >= 11 is 0. The van der Waals surface area contributed by atoms with Crippen molar-refractivity contribution in [3.05, 3.63) is 59.3 Å². The van der Waals surface area contributed by atoms with Gasteiger partial charge in [0.25, 0.3) is 5.89 Å². The van der Waals surface area contributed by atoms with Crippen molar-refractivity contribution >= 4 is 17.6 Å². The van der Waals surface area contributed by atoms with Crippen LogP contribution >= 0.6 is 0 Å². The van der Waals surface area contributed by atoms with E-state index in [0.29, 0.717) is 5.69 Å². The number of carbonyl (C=O) groups is 2. The zero-order valence-corrected chi connectivity index (χ0v) is 12.3. The molecule has 0 saturated heterocycles. The lowest BCUT2D eigenvalue weighted by Crippen LogP contribution is -2.38. The van der Waals surface area contributed by atoms with Gasteiger partial charge in [-0.25, -0.2) is 9.59 Å². The number of urea groups is 1. The van der Waals surface area contributed by atoms with Gasteiger partial charge in [-0.2, -0.15) is 4.68 Å². The van der Waals surface area contributed by atoms with Crippen molar-refractivity contribution in [2.45, 2.75) is 6.54 Å². The maximum Gasteiger partial charge on any atom is 0.437 e. The minimum absolute atomic E-state index is 0.0495. The highest BCUT2D eigenvalue weighted by molar-refractivity contribution is 6.01. The number of aromatic nitrogens is 2. The number of benzene rings is 1. The van der Waals surface area contributed by atoms with Gasteiger partial charge in [-0.1, -0.05) is 18.2 Å². The fourth-order valence-corrected chi connectivity index (χ4v) is 1.89. The van der Waals surface area contributed by atoms with Crippen LogP contribution in [0.5, 0.6) is 0 Å². The van der Waals surface area contributed by atoms with Crippen LogP contribution in [-0.2, 0) is 11.3 Å². The Kier molecular flexibility index (Phi) is 4.23. The molecular formula is C15H12N4O5. The lowest BCUT2D eigenvalue weighted by Gasteiger charge is -2.05. The summed E-state index contributed by atoms with van der Waals surface area (Å²) in [6.45, 7) is -0.467. The Hall–Kier alpha value is -3.62. The second-order valence-corrected chi connectivity index (χ2v) is 4.68. The highest BCUT2D eigenvalue weighted by Gasteiger charge is 2.16. The third kappa shape index (κ3) is 3.58. The van der Waals surface area contributed by atoms with Crippen LogP contribution in [0.2, 0.25) is 0 Å². The van der Waals surface area contributed by atoms with Crippen LogP contribution in [0.3, 0.4) is 0 Å². The summed E-state index contributed by atoms with van der Waals surface area (Å²) in [7, 11) is 0. The number of hydrogen-bond donors (Lipinski definition) is 2. The fraction of sp³-hybridized carbons (Fsp3) is 0.0667. The van der Waals surface area contributed by atoms with E-state index in [9.17, 15) is 14.4 Å². The molecule has 3 amide bonds. The van der Waals surface area contributed by atoms with Gasteiger partial charge >= 0.3 is 11.8 Å². The van der Waals surface area contributed by atoms with Crippen molar-refractivity contribution in [2.24, 2.45) is 0 Å². The van der Waals surface area contributed by atoms with Crippen molar-refractivity contribution in [1.29, 1.82) is 0 Å². The molecule has 0 aliphatic carbocycles. The number of furan rings is 1. The third-order valence-corrected chi connectivity index (χ3v) is 2.92. The number of carbonyl (C=O) groups excluding carboxylic acids is 2. The van der Waals surface area contributed by atoms with E-state index in [0.717, 1.165) is 4.68 Å². The van der Waals surface area contributed by atoms with Crippen molar-refractivity contribution in [3.63, 3.8) is 0 Å². The van der Waals surface area contributed by atoms with Crippen LogP contribution < -0.4 is 16.4 Å². The first-order valence-corrected chi connectivity index (χ1v) is 6.89. The SMILES string of the molecule is O=C(Cn1nc(-c2ccco2)oc1=O)NC(=O)Nc1ccccc1. The second kappa shape index (κ2) is 6.65. The van der Waals surface area contributed by atoms with Gasteiger partial charge in [-0.15, -0.1) is 5.10 Å². The van der Waals surface area contributed by atoms with E-state index in [2.05, 4.69) is 15.7 Å². The smallest absolute Gasteiger partial charge is 0.437 e. The molecule has 0 aliphatic heterocycles. The van der Waals surface area contributed by atoms with Crippen LogP contribution in [0.15, 0.2) is 62.4 Å². The molecule has 0 bridgehead atoms. The molecule has 2 N–H and O–H groups in total. The first-order valence-electron chi connectivity index (χ1n) is 6.89. The second-order valence-electron chi connectivity index (χ2n) is 4.68. The van der Waals surface area contributed by atoms with Gasteiger partial charge in [0.2, 0.25) is 5.91 Å². The van der Waals surface area contributed by atoms with Gasteiger partial charge in [0, 0.05) is 5.69 Å². The Morgan fingerprint density at radius 1 is 1.12 bits per heavy atom. The summed E-state index contributed by atoms with van der Waals surface area (Å²) in [6, 6.07) is 11.1. The molecule has 9 heteroatoms. The highest BCUT2D eigenvalue weighted by Crippen LogP contribution is 2.14. The van der Waals surface area contributed by atoms with Gasteiger partial charge in [-0.3, -0.25) is 10.1 Å². The minimum Gasteiger partial charge on any atom is -0.459 e. The highest BCUT2D eigenvalue weighted by atomic mass is 16.4. The van der Waals surface area contributed by atoms with Gasteiger partial charge in [-0.05, 0) is 24.3 Å². The number of nitrogens with one attached hydrogen (secondary N) is 2. The number of nitrogens with zero attached hydrogens (tertiary/aromatic N) is 2. The van der Waals surface area contributed by atoms with E-state index in [1.807, 2.05) is 0 Å². The normalized spacial score (nSPS) is 10.3. The average Bonchev–Trinajstić information content (AvgIpc) is 3.18. The summed E-state index contributed by atoms with van der Waals surface area (Å²) in [4.78, 5) is 35.2. The van der Waals surface area contributed by atoms with E-state index in [1.165, 1.54) is 6.26 Å². The lowest BCUT2D eigenvalue weighted by molar-refractivity contribution is -0.120. The van der Waals surface area contributed by atoms with Crippen molar-refractivity contribution in [3.8, 4) is 11.7 Å². The van der Waals surface area contributed by atoms with E-state index in [4.69, 9.17) is 8.83 Å². The predicted molar refractivity (Wildman–Crippen MR) is 82.1 cm³/mol. The van der Waals surface area contributed by atoms with Crippen molar-refractivity contribution in [1.82, 2.24) is 15.1 Å². The number of para-hydroxylation sites is 1. The number of amides is 3. The molecule has 9 nitrogen and oxygen atoms in total. The largest absolute Gasteiger partial charge is 0.459 e. The summed E-state index contributed by atoms with van der Waals surface area (Å²) in [5.41, 5.74) is 0.529. The van der Waals surface area contributed by atoms with Gasteiger partial charge < -0.3 is 14.2 Å². The molecule has 2 heterocycles. The summed E-state index contributed by atoms with van der Waals surface area (Å²) in [5, 5.41) is 8.41. The molecule has 24 heavy (non-hydrogen) atoms. The van der Waals surface area contributed by atoms with Crippen molar-refractivity contribution in [2.75, 3.05) is 5.32 Å². The molecule has 0 fully saturated rings. The quantitative estimate of drug-likeness (QED) is 0.748. The van der Waals surface area contributed by atoms with Crippen LogP contribution in [-0.4, -0.2) is 21.7 Å². The van der Waals surface area contributed by atoms with E-state index >= 15 is 0 Å². The van der Waals surface area contributed by atoms with Crippen LogP contribution in [0.1, 0.15) is 0 Å². The first-order chi connectivity index (χ1) is 11.6. The number of anilines is 1. The summed E-state index contributed by atoms with van der Waals surface area (Å²) in [5.74, 6) is -1.34. The molecule has 2 aromatic heterocycles. The zero-order valence-electron chi connectivity index (χ0n) is 12.3. The standard InChI is InChI=1S/C15H12N4O5/c20-12(17-14(21)16-10-5-2-1-3-6-10)9-19-15(22)24-13(18-19)11-7-4-8-23-11/h1-8H,9H2,(H2,16,17,20,21). The lowest BCUT2D eigenvalue weighted by atomic mass is 10.3. The predicted octanol–water partition coefficient (Wildman–Crippen LogP) is 1.44. The van der Waals surface area contributed by atoms with E-state index in [-0.39, 0.29) is 11.7 Å². The first kappa shape index (κ1) is 15.3. The minimum atomic E-state index is -0.833. The van der Waals surface area contributed by atoms with Gasteiger partial charge in [0.05, 0.1) is 6.26 Å². The maximum absolute atomic E-state index is 11.8. The van der Waals surface area contributed by atoms with Crippen LogP contribution in [0.25, 0.3) is 11.7 Å². The Morgan fingerprint density at radius 3 is 2.62 bits per heavy atom. The molecule has 3 rings (SSSR count). The molecule has 3 aromatic rings. The molecule has 1 aromatic carbocycles. The van der Waals surface area contributed by atoms with E-state index < -0.39 is 24.2 Å². The Bertz CT molecular complexity index is 896. The average molecular weight is 328 g/mol. The van der Waals surface area contributed by atoms with Crippen LogP contribution in [0, 0.1) is 0 Å². The fourth-order valence-electron chi connectivity index (χ4n) is 1.89. The monoisotopic (exact) mass is 328 g/mol. The number of hydrogen-bond acceptors (Lipinski definition) is 6. The third-order valence-electron chi connectivity index (χ3n) is 2.92. The van der Waals surface area contributed by atoms with Gasteiger partial charge in [0.1, 0.15) is 6.54 Å². The molecule has 0 atom stereocenters. The Morgan fingerprint density at radius 2 is 1.92 bits per heavy atom. The Labute approximate surface area is 134 Å². The summed E-state index contributed by atoms with van der Waals surface area (Å²) < 4.78 is 10.7. The van der Waals surface area contributed by atoms with Crippen LogP contribution in [0.4, 0.5) is 10.5 Å². The number of rotatable bonds is 4. The topological polar surface area (TPSA) is 119 Å². The summed E-state index contributed by atoms with van der Waals surface area (Å²) in [6.07, 6.45) is 1.40. The molecule has 0 spiro atoms. The molecule has 0 unspecified atom stereocenters. The molecule has 0 radical (unpaired) electrons.